The summed E-state index contributed by atoms with van der Waals surface area (Å²) in [7, 11) is 3.02. The van der Waals surface area contributed by atoms with Gasteiger partial charge in [-0.3, -0.25) is 34.2 Å². The van der Waals surface area contributed by atoms with Crippen molar-refractivity contribution in [3.63, 3.8) is 0 Å². The van der Waals surface area contributed by atoms with Crippen LogP contribution in [0.4, 0.5) is 0 Å². The average Bonchev–Trinajstić information content (AvgIpc) is 2.36. The fourth-order valence-electron chi connectivity index (χ4n) is 0.945. The molecule has 0 heterocycles. The number of carboxylic acid groups (broad SMARTS) is 5. The summed E-state index contributed by atoms with van der Waals surface area (Å²) < 4.78 is 0. The Kier molecular flexibility index (Phi) is 19.1. The number of rotatable bonds is 10. The fraction of sp³-hybridized carbons (Fsp3) is 0.583. The van der Waals surface area contributed by atoms with E-state index in [2.05, 4.69) is 10.6 Å². The molecule has 0 aliphatic carbocycles. The quantitative estimate of drug-likeness (QED) is 0.206. The summed E-state index contributed by atoms with van der Waals surface area (Å²) in [5.41, 5.74) is 0. The van der Waals surface area contributed by atoms with E-state index in [4.69, 9.17) is 25.5 Å². The standard InChI is InChI=1S/C5H9NO4.C4H7NO4.C3H7NO2/c1-6(2-4(7)8)3-5(9)10;6-3(7)1-5-2-4(8)9;1-4-2-3(5)6/h2-3H2,1H3,(H,7,8)(H,9,10);5H,1-2H2,(H,6,7)(H,8,9);4H,2H2,1H3,(H,5,6). The van der Waals surface area contributed by atoms with Crippen molar-refractivity contribution >= 4 is 29.8 Å². The lowest BCUT2D eigenvalue weighted by molar-refractivity contribution is -0.142. The number of aliphatic carboxylic acids is 5. The average molecular weight is 369 g/mol. The van der Waals surface area contributed by atoms with Crippen LogP contribution >= 0.6 is 0 Å². The molecule has 0 bridgehead atoms. The molecule has 0 unspecified atom stereocenters. The molecule has 0 aliphatic heterocycles. The molecule has 0 aromatic carbocycles. The Balaban J connectivity index is -0.000000300. The zero-order valence-electron chi connectivity index (χ0n) is 13.8. The molecule has 0 radical (unpaired) electrons. The lowest BCUT2D eigenvalue weighted by Crippen LogP contribution is -2.30. The number of hydrogen-bond donors (Lipinski definition) is 7. The van der Waals surface area contributed by atoms with Crippen LogP contribution in [0.3, 0.4) is 0 Å². The third-order valence-corrected chi connectivity index (χ3v) is 1.69. The van der Waals surface area contributed by atoms with Gasteiger partial charge in [0.2, 0.25) is 0 Å². The molecule has 146 valence electrons. The second-order valence-corrected chi connectivity index (χ2v) is 4.27. The van der Waals surface area contributed by atoms with Gasteiger partial charge in [0, 0.05) is 0 Å². The highest BCUT2D eigenvalue weighted by molar-refractivity contribution is 5.73. The number of carbonyl (C=O) groups is 5. The van der Waals surface area contributed by atoms with Gasteiger partial charge < -0.3 is 30.8 Å². The zero-order chi connectivity index (χ0) is 20.4. The van der Waals surface area contributed by atoms with Gasteiger partial charge in [-0.1, -0.05) is 0 Å². The highest BCUT2D eigenvalue weighted by Crippen LogP contribution is 1.80. The molecule has 0 rings (SSSR count). The predicted molar refractivity (Wildman–Crippen MR) is 82.5 cm³/mol. The third kappa shape index (κ3) is 38.8. The third-order valence-electron chi connectivity index (χ3n) is 1.69. The molecule has 0 aromatic rings. The highest BCUT2D eigenvalue weighted by atomic mass is 16.4. The maximum absolute atomic E-state index is 9.96. The summed E-state index contributed by atoms with van der Waals surface area (Å²) in [6.07, 6.45) is 0. The van der Waals surface area contributed by atoms with E-state index in [0.29, 0.717) is 0 Å². The van der Waals surface area contributed by atoms with Crippen LogP contribution < -0.4 is 10.6 Å². The molecule has 0 aliphatic rings. The molecular formula is C12H23N3O10. The monoisotopic (exact) mass is 369 g/mol. The van der Waals surface area contributed by atoms with E-state index >= 15 is 0 Å². The molecule has 0 amide bonds. The fourth-order valence-corrected chi connectivity index (χ4v) is 0.945. The molecule has 0 aromatic heterocycles. The Bertz CT molecular complexity index is 411. The van der Waals surface area contributed by atoms with Crippen LogP contribution in [-0.4, -0.2) is 107 Å². The summed E-state index contributed by atoms with van der Waals surface area (Å²) in [4.78, 5) is 50.1. The summed E-state index contributed by atoms with van der Waals surface area (Å²) in [5, 5.41) is 44.8. The van der Waals surface area contributed by atoms with Gasteiger partial charge >= 0.3 is 29.8 Å². The van der Waals surface area contributed by atoms with Crippen LogP contribution in [0.2, 0.25) is 0 Å². The summed E-state index contributed by atoms with van der Waals surface area (Å²) in [5.74, 6) is -4.99. The van der Waals surface area contributed by atoms with Crippen molar-refractivity contribution in [2.45, 2.75) is 0 Å². The largest absolute Gasteiger partial charge is 0.480 e. The summed E-state index contributed by atoms with van der Waals surface area (Å²) in [6.45, 7) is -1.07. The van der Waals surface area contributed by atoms with Crippen molar-refractivity contribution in [2.75, 3.05) is 46.8 Å². The van der Waals surface area contributed by atoms with E-state index in [9.17, 15) is 24.0 Å². The van der Waals surface area contributed by atoms with Crippen molar-refractivity contribution in [3.8, 4) is 0 Å². The van der Waals surface area contributed by atoms with E-state index < -0.39 is 29.8 Å². The van der Waals surface area contributed by atoms with Gasteiger partial charge in [0.1, 0.15) is 0 Å². The lowest BCUT2D eigenvalue weighted by Gasteiger charge is -2.08. The van der Waals surface area contributed by atoms with Crippen LogP contribution in [-0.2, 0) is 24.0 Å². The highest BCUT2D eigenvalue weighted by Gasteiger charge is 2.06. The Hall–Kier alpha value is -2.77. The molecule has 25 heavy (non-hydrogen) atoms. The van der Waals surface area contributed by atoms with Gasteiger partial charge in [0.25, 0.3) is 0 Å². The van der Waals surface area contributed by atoms with Crippen molar-refractivity contribution in [1.29, 1.82) is 0 Å². The van der Waals surface area contributed by atoms with Gasteiger partial charge in [0.15, 0.2) is 0 Å². The van der Waals surface area contributed by atoms with E-state index in [1.807, 2.05) is 0 Å². The Morgan fingerprint density at radius 1 is 0.680 bits per heavy atom. The summed E-state index contributed by atoms with van der Waals surface area (Å²) in [6, 6.07) is 0. The van der Waals surface area contributed by atoms with E-state index in [1.54, 1.807) is 7.05 Å². The maximum atomic E-state index is 9.96. The molecule has 0 fully saturated rings. The van der Waals surface area contributed by atoms with Gasteiger partial charge in [-0.25, -0.2) is 0 Å². The molecular weight excluding hydrogens is 346 g/mol. The van der Waals surface area contributed by atoms with Gasteiger partial charge in [-0.05, 0) is 14.1 Å². The Labute approximate surface area is 142 Å². The number of carboxylic acids is 5. The van der Waals surface area contributed by atoms with Gasteiger partial charge in [0.05, 0.1) is 32.7 Å². The summed E-state index contributed by atoms with van der Waals surface area (Å²) >= 11 is 0. The Morgan fingerprint density at radius 2 is 1.00 bits per heavy atom. The van der Waals surface area contributed by atoms with Crippen molar-refractivity contribution in [1.82, 2.24) is 15.5 Å². The smallest absolute Gasteiger partial charge is 0.317 e. The van der Waals surface area contributed by atoms with Crippen LogP contribution in [0.1, 0.15) is 0 Å². The molecule has 0 atom stereocenters. The molecule has 13 heteroatoms. The van der Waals surface area contributed by atoms with E-state index in [0.717, 1.165) is 0 Å². The second-order valence-electron chi connectivity index (χ2n) is 4.27. The van der Waals surface area contributed by atoms with Crippen molar-refractivity contribution in [2.24, 2.45) is 0 Å². The molecule has 7 N–H and O–H groups in total. The van der Waals surface area contributed by atoms with Gasteiger partial charge in [-0.2, -0.15) is 0 Å². The first kappa shape index (κ1) is 27.1. The SMILES string of the molecule is CN(CC(=O)O)CC(=O)O.CNCC(=O)O.O=C(O)CNCC(=O)O. The maximum Gasteiger partial charge on any atom is 0.317 e. The topological polar surface area (TPSA) is 214 Å². The minimum Gasteiger partial charge on any atom is -0.480 e. The van der Waals surface area contributed by atoms with Crippen molar-refractivity contribution in [3.05, 3.63) is 0 Å². The first-order chi connectivity index (χ1) is 11.4. The van der Waals surface area contributed by atoms with Crippen LogP contribution in [0, 0.1) is 0 Å². The molecule has 0 saturated heterocycles. The van der Waals surface area contributed by atoms with Crippen LogP contribution in [0.25, 0.3) is 0 Å². The normalized spacial score (nSPS) is 9.08. The first-order valence-corrected chi connectivity index (χ1v) is 6.55. The predicted octanol–water partition coefficient (Wildman–Crippen LogP) is -2.88. The van der Waals surface area contributed by atoms with Crippen LogP contribution in [0.5, 0.6) is 0 Å². The van der Waals surface area contributed by atoms with E-state index in [1.165, 1.54) is 11.9 Å². The lowest BCUT2D eigenvalue weighted by atomic mass is 10.5. The minimum atomic E-state index is -1.06. The Morgan fingerprint density at radius 3 is 1.16 bits per heavy atom. The number of likely N-dealkylation sites (N-methyl/N-ethyl adjacent to an activating group) is 2. The second kappa shape index (κ2) is 17.6. The number of hydrogen-bond acceptors (Lipinski definition) is 8. The molecule has 0 saturated carbocycles. The zero-order valence-corrected chi connectivity index (χ0v) is 13.8. The first-order valence-electron chi connectivity index (χ1n) is 6.55. The van der Waals surface area contributed by atoms with E-state index in [-0.39, 0.29) is 32.7 Å². The molecule has 13 nitrogen and oxygen atoms in total. The minimum absolute atomic E-state index is 0.0417. The number of nitrogens with zero attached hydrogens (tertiary/aromatic N) is 1. The number of nitrogens with one attached hydrogen (secondary N) is 2. The molecule has 0 spiro atoms. The van der Waals surface area contributed by atoms with Crippen molar-refractivity contribution < 1.29 is 49.5 Å². The van der Waals surface area contributed by atoms with Gasteiger partial charge in [-0.15, -0.1) is 0 Å². The van der Waals surface area contributed by atoms with Crippen LogP contribution in [0.15, 0.2) is 0 Å².